The van der Waals surface area contributed by atoms with Gasteiger partial charge in [0.2, 0.25) is 0 Å². The monoisotopic (exact) mass is 250 g/mol. The van der Waals surface area contributed by atoms with Crippen LogP contribution >= 0.6 is 0 Å². The quantitative estimate of drug-likeness (QED) is 0.829. The average molecular weight is 250 g/mol. The first-order valence-electron chi connectivity index (χ1n) is 5.84. The van der Waals surface area contributed by atoms with Crippen LogP contribution in [0, 0.1) is 0 Å². The Hall–Kier alpha value is -1.36. The van der Waals surface area contributed by atoms with Crippen molar-refractivity contribution in [3.05, 3.63) is 36.1 Å². The van der Waals surface area contributed by atoms with Gasteiger partial charge in [0.25, 0.3) is 0 Å². The Morgan fingerprint density at radius 3 is 2.56 bits per heavy atom. The third-order valence-electron chi connectivity index (χ3n) is 3.05. The summed E-state index contributed by atoms with van der Waals surface area (Å²) in [4.78, 5) is 0. The van der Waals surface area contributed by atoms with Gasteiger partial charge in [-0.2, -0.15) is 0 Å². The molecule has 1 unspecified atom stereocenters. The van der Waals surface area contributed by atoms with Gasteiger partial charge in [0.15, 0.2) is 6.29 Å². The number of benzene rings is 1. The fourth-order valence-electron chi connectivity index (χ4n) is 1.94. The lowest BCUT2D eigenvalue weighted by Gasteiger charge is -2.24. The first-order chi connectivity index (χ1) is 8.56. The van der Waals surface area contributed by atoms with E-state index in [0.717, 1.165) is 11.0 Å². The highest BCUT2D eigenvalue weighted by atomic mass is 16.7. The molecule has 0 aliphatic rings. The van der Waals surface area contributed by atoms with Gasteiger partial charge >= 0.3 is 0 Å². The molecule has 2 aromatic rings. The summed E-state index contributed by atoms with van der Waals surface area (Å²) in [6.07, 6.45) is -0.159. The van der Waals surface area contributed by atoms with Crippen LogP contribution in [0.5, 0.6) is 0 Å². The topological polar surface area (TPSA) is 51.8 Å². The second-order valence-electron chi connectivity index (χ2n) is 4.53. The largest absolute Gasteiger partial charge is 0.458 e. The first kappa shape index (κ1) is 13.1. The summed E-state index contributed by atoms with van der Waals surface area (Å²) in [6.45, 7) is 1.69. The van der Waals surface area contributed by atoms with Crippen molar-refractivity contribution in [2.24, 2.45) is 0 Å². The molecule has 18 heavy (non-hydrogen) atoms. The van der Waals surface area contributed by atoms with Crippen LogP contribution in [0.4, 0.5) is 0 Å². The maximum Gasteiger partial charge on any atom is 0.160 e. The molecular formula is C14H18O4. The molecule has 0 fully saturated rings. The van der Waals surface area contributed by atoms with Crippen molar-refractivity contribution < 1.29 is 19.0 Å². The maximum atomic E-state index is 10.5. The lowest BCUT2D eigenvalue weighted by atomic mass is 9.98. The van der Waals surface area contributed by atoms with E-state index in [2.05, 4.69) is 0 Å². The molecule has 0 bridgehead atoms. The van der Waals surface area contributed by atoms with E-state index in [-0.39, 0.29) is 0 Å². The second kappa shape index (κ2) is 5.10. The summed E-state index contributed by atoms with van der Waals surface area (Å²) in [5.41, 5.74) is -0.366. The van der Waals surface area contributed by atoms with Crippen LogP contribution in [0.1, 0.15) is 19.1 Å². The summed E-state index contributed by atoms with van der Waals surface area (Å²) >= 11 is 0. The van der Waals surface area contributed by atoms with Crippen molar-refractivity contribution >= 4 is 11.0 Å². The number of hydrogen-bond acceptors (Lipinski definition) is 4. The van der Waals surface area contributed by atoms with Crippen LogP contribution in [-0.4, -0.2) is 25.6 Å². The second-order valence-corrected chi connectivity index (χ2v) is 4.53. The Kier molecular flexibility index (Phi) is 3.71. The molecule has 4 nitrogen and oxygen atoms in total. The van der Waals surface area contributed by atoms with Crippen LogP contribution in [0.15, 0.2) is 34.7 Å². The molecule has 4 heteroatoms. The summed E-state index contributed by atoms with van der Waals surface area (Å²) in [6, 6.07) is 9.50. The summed E-state index contributed by atoms with van der Waals surface area (Å²) in [7, 11) is 3.09. The zero-order valence-electron chi connectivity index (χ0n) is 10.8. The van der Waals surface area contributed by atoms with Gasteiger partial charge in [-0.15, -0.1) is 0 Å². The van der Waals surface area contributed by atoms with E-state index in [4.69, 9.17) is 13.9 Å². The summed E-state index contributed by atoms with van der Waals surface area (Å²) in [5.74, 6) is 0.516. The summed E-state index contributed by atoms with van der Waals surface area (Å²) in [5, 5.41) is 11.4. The van der Waals surface area contributed by atoms with Crippen LogP contribution in [0.2, 0.25) is 0 Å². The van der Waals surface area contributed by atoms with Gasteiger partial charge in [0.05, 0.1) is 0 Å². The minimum Gasteiger partial charge on any atom is -0.458 e. The van der Waals surface area contributed by atoms with Gasteiger partial charge in [-0.05, 0) is 19.1 Å². The zero-order valence-corrected chi connectivity index (χ0v) is 10.8. The SMILES string of the molecule is COC(CC(C)(O)c1cc2ccccc2o1)OC. The molecule has 1 atom stereocenters. The highest BCUT2D eigenvalue weighted by Crippen LogP contribution is 2.31. The molecule has 1 N–H and O–H groups in total. The van der Waals surface area contributed by atoms with Gasteiger partial charge in [0, 0.05) is 26.0 Å². The Balaban J connectivity index is 2.28. The van der Waals surface area contributed by atoms with E-state index in [1.807, 2.05) is 30.3 Å². The molecule has 0 saturated carbocycles. The number of para-hydroxylation sites is 1. The zero-order chi connectivity index (χ0) is 13.2. The van der Waals surface area contributed by atoms with E-state index in [1.165, 1.54) is 0 Å². The van der Waals surface area contributed by atoms with Gasteiger partial charge in [-0.3, -0.25) is 0 Å². The predicted octanol–water partition coefficient (Wildman–Crippen LogP) is 2.65. The first-order valence-corrected chi connectivity index (χ1v) is 5.84. The molecule has 0 saturated heterocycles. The van der Waals surface area contributed by atoms with Crippen LogP contribution in [-0.2, 0) is 15.1 Å². The molecule has 1 heterocycles. The smallest absolute Gasteiger partial charge is 0.160 e. The number of rotatable bonds is 5. The fraction of sp³-hybridized carbons (Fsp3) is 0.429. The van der Waals surface area contributed by atoms with Gasteiger partial charge in [-0.1, -0.05) is 18.2 Å². The lowest BCUT2D eigenvalue weighted by Crippen LogP contribution is -2.29. The normalized spacial score (nSPS) is 15.2. The van der Waals surface area contributed by atoms with Crippen molar-refractivity contribution in [2.45, 2.75) is 25.2 Å². The Bertz CT molecular complexity index is 478. The van der Waals surface area contributed by atoms with Crippen molar-refractivity contribution in [3.63, 3.8) is 0 Å². The standard InChI is InChI=1S/C14H18O4/c1-14(15,9-13(16-2)17-3)12-8-10-6-4-5-7-11(10)18-12/h4-8,13,15H,9H2,1-3H3. The van der Waals surface area contributed by atoms with Crippen LogP contribution in [0.3, 0.4) is 0 Å². The Labute approximate surface area is 106 Å². The molecule has 1 aromatic carbocycles. The number of ether oxygens (including phenoxy) is 2. The highest BCUT2D eigenvalue weighted by Gasteiger charge is 2.31. The van der Waals surface area contributed by atoms with Crippen molar-refractivity contribution in [2.75, 3.05) is 14.2 Å². The van der Waals surface area contributed by atoms with E-state index < -0.39 is 11.9 Å². The van der Waals surface area contributed by atoms with E-state index in [0.29, 0.717) is 12.2 Å². The predicted molar refractivity (Wildman–Crippen MR) is 68.2 cm³/mol. The molecular weight excluding hydrogens is 232 g/mol. The number of methoxy groups -OCH3 is 2. The lowest BCUT2D eigenvalue weighted by molar-refractivity contribution is -0.145. The summed E-state index contributed by atoms with van der Waals surface area (Å²) < 4.78 is 15.9. The Morgan fingerprint density at radius 2 is 1.94 bits per heavy atom. The van der Waals surface area contributed by atoms with Gasteiger partial charge in [0.1, 0.15) is 16.9 Å². The molecule has 98 valence electrons. The van der Waals surface area contributed by atoms with Crippen molar-refractivity contribution in [1.82, 2.24) is 0 Å². The molecule has 0 amide bonds. The van der Waals surface area contributed by atoms with Crippen LogP contribution < -0.4 is 0 Å². The van der Waals surface area contributed by atoms with Crippen LogP contribution in [0.25, 0.3) is 11.0 Å². The molecule has 2 rings (SSSR count). The molecule has 0 aliphatic carbocycles. The number of aliphatic hydroxyl groups is 1. The van der Waals surface area contributed by atoms with Gasteiger partial charge < -0.3 is 19.0 Å². The maximum absolute atomic E-state index is 10.5. The van der Waals surface area contributed by atoms with Gasteiger partial charge in [-0.25, -0.2) is 0 Å². The molecule has 0 aliphatic heterocycles. The minimum absolute atomic E-state index is 0.305. The molecule has 0 radical (unpaired) electrons. The Morgan fingerprint density at radius 1 is 1.28 bits per heavy atom. The molecule has 0 spiro atoms. The van der Waals surface area contributed by atoms with Crippen molar-refractivity contribution in [3.8, 4) is 0 Å². The third-order valence-corrected chi connectivity index (χ3v) is 3.05. The third kappa shape index (κ3) is 2.56. The van der Waals surface area contributed by atoms with E-state index >= 15 is 0 Å². The number of furan rings is 1. The number of hydrogen-bond donors (Lipinski definition) is 1. The average Bonchev–Trinajstić information content (AvgIpc) is 2.80. The molecule has 1 aromatic heterocycles. The number of fused-ring (bicyclic) bond motifs is 1. The van der Waals surface area contributed by atoms with E-state index in [1.54, 1.807) is 21.1 Å². The van der Waals surface area contributed by atoms with Crippen molar-refractivity contribution in [1.29, 1.82) is 0 Å². The van der Waals surface area contributed by atoms with E-state index in [9.17, 15) is 5.11 Å². The fourth-order valence-corrected chi connectivity index (χ4v) is 1.94. The minimum atomic E-state index is -1.13. The highest BCUT2D eigenvalue weighted by molar-refractivity contribution is 5.77.